The average Bonchev–Trinajstić information content (AvgIpc) is 3.36. The quantitative estimate of drug-likeness (QED) is 0.528. The van der Waals surface area contributed by atoms with Gasteiger partial charge in [-0.05, 0) is 45.4 Å². The van der Waals surface area contributed by atoms with Gasteiger partial charge in [0.25, 0.3) is 0 Å². The SMILES string of the molecule is C1=CC=CC=1B(C1C=Cc2ccccc21)C1C=Cc2ccccc21. The van der Waals surface area contributed by atoms with Crippen molar-refractivity contribution >= 4 is 18.9 Å². The highest BCUT2D eigenvalue weighted by Crippen LogP contribution is 2.43. The topological polar surface area (TPSA) is 0 Å². The maximum absolute atomic E-state index is 3.48. The first-order chi connectivity index (χ1) is 11.9. The molecule has 2 atom stereocenters. The van der Waals surface area contributed by atoms with Gasteiger partial charge in [0, 0.05) is 0 Å². The van der Waals surface area contributed by atoms with Crippen molar-refractivity contribution in [2.45, 2.75) is 11.6 Å². The average molecular weight is 304 g/mol. The second-order valence-corrected chi connectivity index (χ2v) is 6.68. The molecule has 0 amide bonds. The van der Waals surface area contributed by atoms with Crippen molar-refractivity contribution in [1.82, 2.24) is 0 Å². The Bertz CT molecular complexity index is 906. The van der Waals surface area contributed by atoms with E-state index >= 15 is 0 Å². The van der Waals surface area contributed by atoms with Crippen LogP contribution in [-0.4, -0.2) is 6.71 Å². The predicted molar refractivity (Wildman–Crippen MR) is 103 cm³/mol. The van der Waals surface area contributed by atoms with Crippen LogP contribution in [0.4, 0.5) is 0 Å². The van der Waals surface area contributed by atoms with Crippen LogP contribution in [0.2, 0.25) is 0 Å². The number of allylic oxidation sites excluding steroid dienone is 5. The van der Waals surface area contributed by atoms with Gasteiger partial charge in [0.2, 0.25) is 6.71 Å². The lowest BCUT2D eigenvalue weighted by Crippen LogP contribution is -2.30. The van der Waals surface area contributed by atoms with Crippen molar-refractivity contribution in [3.8, 4) is 0 Å². The van der Waals surface area contributed by atoms with Crippen molar-refractivity contribution in [3.05, 3.63) is 112 Å². The Morgan fingerprint density at radius 3 is 1.83 bits per heavy atom. The van der Waals surface area contributed by atoms with E-state index in [0.717, 1.165) is 0 Å². The van der Waals surface area contributed by atoms with E-state index in [9.17, 15) is 0 Å². The van der Waals surface area contributed by atoms with Gasteiger partial charge < -0.3 is 0 Å². The minimum absolute atomic E-state index is 0.389. The van der Waals surface area contributed by atoms with Gasteiger partial charge >= 0.3 is 0 Å². The zero-order valence-electron chi connectivity index (χ0n) is 13.4. The third-order valence-corrected chi connectivity index (χ3v) is 5.43. The molecule has 0 fully saturated rings. The van der Waals surface area contributed by atoms with Gasteiger partial charge in [0.1, 0.15) is 0 Å². The van der Waals surface area contributed by atoms with E-state index in [1.807, 2.05) is 6.08 Å². The number of hydrogen-bond donors (Lipinski definition) is 0. The maximum atomic E-state index is 3.48. The first-order valence-corrected chi connectivity index (χ1v) is 8.59. The van der Waals surface area contributed by atoms with E-state index in [1.165, 1.54) is 27.7 Å². The fourth-order valence-corrected chi connectivity index (χ4v) is 4.34. The molecule has 0 aromatic heterocycles. The Morgan fingerprint density at radius 1 is 0.708 bits per heavy atom. The molecule has 24 heavy (non-hydrogen) atoms. The molecule has 0 spiro atoms. The summed E-state index contributed by atoms with van der Waals surface area (Å²) in [5, 5.41) is 0. The molecule has 0 saturated carbocycles. The number of rotatable bonds is 3. The van der Waals surface area contributed by atoms with Crippen molar-refractivity contribution in [1.29, 1.82) is 0 Å². The molecule has 0 N–H and O–H groups in total. The molecule has 2 aromatic carbocycles. The molecule has 2 unspecified atom stereocenters. The smallest absolute Gasteiger partial charge is 0.127 e. The van der Waals surface area contributed by atoms with Crippen molar-refractivity contribution < 1.29 is 0 Å². The Balaban J connectivity index is 1.64. The summed E-state index contributed by atoms with van der Waals surface area (Å²) in [6.07, 6.45) is 15.7. The molecule has 112 valence electrons. The summed E-state index contributed by atoms with van der Waals surface area (Å²) < 4.78 is 0. The molecule has 3 aliphatic rings. The van der Waals surface area contributed by atoms with Gasteiger partial charge in [0.05, 0.1) is 0 Å². The van der Waals surface area contributed by atoms with Crippen LogP contribution in [0.3, 0.4) is 0 Å². The third kappa shape index (κ3) is 2.03. The van der Waals surface area contributed by atoms with E-state index < -0.39 is 0 Å². The second kappa shape index (κ2) is 5.41. The molecule has 0 aliphatic heterocycles. The van der Waals surface area contributed by atoms with E-state index in [-0.39, 0.29) is 0 Å². The summed E-state index contributed by atoms with van der Waals surface area (Å²) in [5.74, 6) is 0.807. The molecule has 0 bridgehead atoms. The Hall–Kier alpha value is -2.76. The monoisotopic (exact) mass is 304 g/mol. The second-order valence-electron chi connectivity index (χ2n) is 6.68. The van der Waals surface area contributed by atoms with Crippen molar-refractivity contribution in [2.75, 3.05) is 0 Å². The molecule has 1 heteroatoms. The van der Waals surface area contributed by atoms with Crippen LogP contribution in [0.1, 0.15) is 33.9 Å². The molecule has 2 aromatic rings. The summed E-state index contributed by atoms with van der Waals surface area (Å²) in [4.78, 5) is 0. The summed E-state index contributed by atoms with van der Waals surface area (Å²) in [6, 6.07) is 17.6. The minimum Gasteiger partial charge on any atom is -0.127 e. The molecule has 5 rings (SSSR count). The van der Waals surface area contributed by atoms with Gasteiger partial charge in [-0.2, -0.15) is 0 Å². The lowest BCUT2D eigenvalue weighted by molar-refractivity contribution is 1.10. The summed E-state index contributed by atoms with van der Waals surface area (Å²) in [6.45, 7) is 0.389. The van der Waals surface area contributed by atoms with Crippen LogP contribution in [0.5, 0.6) is 0 Å². The van der Waals surface area contributed by atoms with Crippen LogP contribution in [0.25, 0.3) is 12.2 Å². The first kappa shape index (κ1) is 13.7. The van der Waals surface area contributed by atoms with Crippen molar-refractivity contribution in [3.63, 3.8) is 0 Å². The Labute approximate surface area is 143 Å². The van der Waals surface area contributed by atoms with Gasteiger partial charge in [-0.25, -0.2) is 0 Å². The van der Waals surface area contributed by atoms with Crippen LogP contribution in [-0.2, 0) is 0 Å². The molecule has 0 heterocycles. The molecule has 0 nitrogen and oxygen atoms in total. The normalized spacial score (nSPS) is 21.9. The summed E-state index contributed by atoms with van der Waals surface area (Å²) in [7, 11) is 0. The van der Waals surface area contributed by atoms with Crippen LogP contribution < -0.4 is 0 Å². The lowest BCUT2D eigenvalue weighted by Gasteiger charge is -2.26. The standard InChI is InChI=1S/C23H17B/c1-5-11-20-17(7-1)13-15-22(20)24(19-9-3-4-10-19)23-16-14-18-8-2-6-12-21(18)23/h1-9,11-16,22-23H. The van der Waals surface area contributed by atoms with Gasteiger partial charge in [-0.15, -0.1) is 5.73 Å². The van der Waals surface area contributed by atoms with Gasteiger partial charge in [-0.3, -0.25) is 0 Å². The molecule has 3 aliphatic carbocycles. The van der Waals surface area contributed by atoms with Gasteiger partial charge in [0.15, 0.2) is 0 Å². The Kier molecular flexibility index (Phi) is 3.08. The first-order valence-electron chi connectivity index (χ1n) is 8.59. The van der Waals surface area contributed by atoms with E-state index in [4.69, 9.17) is 0 Å². The predicted octanol–water partition coefficient (Wildman–Crippen LogP) is 5.37. The van der Waals surface area contributed by atoms with Gasteiger partial charge in [-0.1, -0.05) is 85.0 Å². The highest BCUT2D eigenvalue weighted by Gasteiger charge is 2.39. The summed E-state index contributed by atoms with van der Waals surface area (Å²) >= 11 is 0. The molecule has 0 radical (unpaired) electrons. The Morgan fingerprint density at radius 2 is 1.29 bits per heavy atom. The minimum atomic E-state index is 0.389. The summed E-state index contributed by atoms with van der Waals surface area (Å²) in [5.41, 5.74) is 10.4. The van der Waals surface area contributed by atoms with Crippen molar-refractivity contribution in [2.24, 2.45) is 0 Å². The van der Waals surface area contributed by atoms with Crippen LogP contribution in [0.15, 0.2) is 90.1 Å². The number of hydrogen-bond acceptors (Lipinski definition) is 0. The number of fused-ring (bicyclic) bond motifs is 2. The lowest BCUT2D eigenvalue weighted by atomic mass is 9.29. The zero-order chi connectivity index (χ0) is 15.9. The van der Waals surface area contributed by atoms with Crippen LogP contribution in [0, 0.1) is 0 Å². The third-order valence-electron chi connectivity index (χ3n) is 5.43. The van der Waals surface area contributed by atoms with E-state index in [0.29, 0.717) is 18.3 Å². The van der Waals surface area contributed by atoms with Crippen LogP contribution >= 0.6 is 0 Å². The highest BCUT2D eigenvalue weighted by molar-refractivity contribution is 6.72. The highest BCUT2D eigenvalue weighted by atomic mass is 14.2. The molecular weight excluding hydrogens is 287 g/mol. The maximum Gasteiger partial charge on any atom is 0.209 e. The largest absolute Gasteiger partial charge is 0.209 e. The molecular formula is C23H17B. The zero-order valence-corrected chi connectivity index (χ0v) is 13.4. The molecule has 0 saturated heterocycles. The fourth-order valence-electron chi connectivity index (χ4n) is 4.34. The number of benzene rings is 2. The van der Waals surface area contributed by atoms with E-state index in [2.05, 4.69) is 90.7 Å². The fraction of sp³-hybridized carbons (Fsp3) is 0.0870. The van der Waals surface area contributed by atoms with E-state index in [1.54, 1.807) is 0 Å².